The number of rotatable bonds is 4. The van der Waals surface area contributed by atoms with Crippen molar-refractivity contribution in [1.29, 1.82) is 0 Å². The monoisotopic (exact) mass is 226 g/mol. The van der Waals surface area contributed by atoms with Gasteiger partial charge in [0.15, 0.2) is 5.78 Å². The number of benzene rings is 2. The molecule has 0 heterocycles. The molecule has 0 saturated carbocycles. The molecule has 1 N–H and O–H groups in total. The Bertz CT molecular complexity index is 477. The molecule has 0 aliphatic rings. The maximum atomic E-state index is 12.2. The Kier molecular flexibility index (Phi) is 3.68. The van der Waals surface area contributed by atoms with E-state index in [0.717, 1.165) is 5.56 Å². The van der Waals surface area contributed by atoms with Gasteiger partial charge in [-0.05, 0) is 5.56 Å². The van der Waals surface area contributed by atoms with Crippen molar-refractivity contribution in [2.75, 3.05) is 6.61 Å². The summed E-state index contributed by atoms with van der Waals surface area (Å²) in [6.45, 7) is -0.169. The highest BCUT2D eigenvalue weighted by molar-refractivity contribution is 6.01. The lowest BCUT2D eigenvalue weighted by Gasteiger charge is -2.13. The minimum Gasteiger partial charge on any atom is -0.395 e. The van der Waals surface area contributed by atoms with Crippen molar-refractivity contribution >= 4 is 5.78 Å². The lowest BCUT2D eigenvalue weighted by molar-refractivity contribution is 0.0922. The van der Waals surface area contributed by atoms with E-state index in [1.54, 1.807) is 12.1 Å². The molecular weight excluding hydrogens is 212 g/mol. The third kappa shape index (κ3) is 2.60. The van der Waals surface area contributed by atoms with E-state index in [4.69, 9.17) is 0 Å². The fourth-order valence-electron chi connectivity index (χ4n) is 1.83. The maximum absolute atomic E-state index is 12.2. The summed E-state index contributed by atoms with van der Waals surface area (Å²) in [7, 11) is 0. The van der Waals surface area contributed by atoms with Gasteiger partial charge in [0.2, 0.25) is 0 Å². The van der Waals surface area contributed by atoms with Gasteiger partial charge in [-0.3, -0.25) is 4.79 Å². The van der Waals surface area contributed by atoms with E-state index in [-0.39, 0.29) is 12.4 Å². The zero-order valence-electron chi connectivity index (χ0n) is 9.41. The van der Waals surface area contributed by atoms with Gasteiger partial charge in [0, 0.05) is 5.56 Å². The molecule has 2 aromatic rings. The van der Waals surface area contributed by atoms with Crippen molar-refractivity contribution in [1.82, 2.24) is 0 Å². The molecule has 0 aromatic heterocycles. The smallest absolute Gasteiger partial charge is 0.172 e. The van der Waals surface area contributed by atoms with Crippen molar-refractivity contribution in [2.24, 2.45) is 0 Å². The molecule has 0 aliphatic heterocycles. The van der Waals surface area contributed by atoms with E-state index < -0.39 is 5.92 Å². The van der Waals surface area contributed by atoms with Gasteiger partial charge in [-0.15, -0.1) is 0 Å². The largest absolute Gasteiger partial charge is 0.395 e. The molecule has 1 atom stereocenters. The molecule has 17 heavy (non-hydrogen) atoms. The molecule has 2 heteroatoms. The Morgan fingerprint density at radius 1 is 0.941 bits per heavy atom. The first-order valence-corrected chi connectivity index (χ1v) is 5.58. The third-order valence-electron chi connectivity index (χ3n) is 2.76. The highest BCUT2D eigenvalue weighted by Crippen LogP contribution is 2.20. The van der Waals surface area contributed by atoms with Crippen LogP contribution in [0, 0.1) is 0 Å². The van der Waals surface area contributed by atoms with Gasteiger partial charge in [-0.25, -0.2) is 0 Å². The lowest BCUT2D eigenvalue weighted by atomic mass is 9.91. The number of hydrogen-bond acceptors (Lipinski definition) is 2. The Labute approximate surface area is 101 Å². The second-order valence-corrected chi connectivity index (χ2v) is 3.88. The zero-order chi connectivity index (χ0) is 12.1. The molecule has 0 fully saturated rings. The maximum Gasteiger partial charge on any atom is 0.172 e. The average molecular weight is 226 g/mol. The van der Waals surface area contributed by atoms with Crippen LogP contribution in [0.25, 0.3) is 0 Å². The first-order chi connectivity index (χ1) is 8.33. The fraction of sp³-hybridized carbons (Fsp3) is 0.133. The predicted octanol–water partition coefficient (Wildman–Crippen LogP) is 2.65. The van der Waals surface area contributed by atoms with Gasteiger partial charge in [0.05, 0.1) is 12.5 Å². The first kappa shape index (κ1) is 11.6. The topological polar surface area (TPSA) is 37.3 Å². The number of carbonyl (C=O) groups is 1. The van der Waals surface area contributed by atoms with Crippen LogP contribution >= 0.6 is 0 Å². The van der Waals surface area contributed by atoms with Gasteiger partial charge in [-0.1, -0.05) is 60.7 Å². The molecule has 0 aliphatic carbocycles. The molecular formula is C15H14O2. The van der Waals surface area contributed by atoms with Crippen LogP contribution in [0.3, 0.4) is 0 Å². The van der Waals surface area contributed by atoms with Gasteiger partial charge >= 0.3 is 0 Å². The summed E-state index contributed by atoms with van der Waals surface area (Å²) in [6.07, 6.45) is 0. The van der Waals surface area contributed by atoms with E-state index in [1.165, 1.54) is 0 Å². The molecule has 0 saturated heterocycles. The van der Waals surface area contributed by atoms with Crippen LogP contribution in [-0.2, 0) is 0 Å². The highest BCUT2D eigenvalue weighted by Gasteiger charge is 2.20. The van der Waals surface area contributed by atoms with Gasteiger partial charge in [-0.2, -0.15) is 0 Å². The summed E-state index contributed by atoms with van der Waals surface area (Å²) in [6, 6.07) is 18.4. The number of Topliss-reactive ketones (excluding diaryl/α,β-unsaturated/α-hetero) is 1. The SMILES string of the molecule is O=C(c1ccccc1)C(CO)c1ccccc1. The quantitative estimate of drug-likeness (QED) is 0.814. The number of aliphatic hydroxyl groups is 1. The van der Waals surface area contributed by atoms with Crippen molar-refractivity contribution in [3.8, 4) is 0 Å². The van der Waals surface area contributed by atoms with Crippen LogP contribution < -0.4 is 0 Å². The van der Waals surface area contributed by atoms with E-state index in [2.05, 4.69) is 0 Å². The Morgan fingerprint density at radius 3 is 2.00 bits per heavy atom. The molecule has 2 aromatic carbocycles. The summed E-state index contributed by atoms with van der Waals surface area (Å²) in [5.41, 5.74) is 1.49. The summed E-state index contributed by atoms with van der Waals surface area (Å²) in [4.78, 5) is 12.2. The van der Waals surface area contributed by atoms with Crippen molar-refractivity contribution in [3.63, 3.8) is 0 Å². The van der Waals surface area contributed by atoms with Gasteiger partial charge < -0.3 is 5.11 Å². The summed E-state index contributed by atoms with van der Waals surface area (Å²) in [5, 5.41) is 9.39. The van der Waals surface area contributed by atoms with Crippen LogP contribution in [0.1, 0.15) is 21.8 Å². The van der Waals surface area contributed by atoms with Crippen molar-refractivity contribution < 1.29 is 9.90 Å². The van der Waals surface area contributed by atoms with Gasteiger partial charge in [0.25, 0.3) is 0 Å². The first-order valence-electron chi connectivity index (χ1n) is 5.58. The summed E-state index contributed by atoms with van der Waals surface area (Å²) in [5.74, 6) is -0.516. The van der Waals surface area contributed by atoms with Gasteiger partial charge in [0.1, 0.15) is 0 Å². The highest BCUT2D eigenvalue weighted by atomic mass is 16.3. The van der Waals surface area contributed by atoms with E-state index >= 15 is 0 Å². The minimum atomic E-state index is -0.474. The standard InChI is InChI=1S/C15H14O2/c16-11-14(12-7-3-1-4-8-12)15(17)13-9-5-2-6-10-13/h1-10,14,16H,11H2. The number of ketones is 1. The lowest BCUT2D eigenvalue weighted by Crippen LogP contribution is -2.16. The van der Waals surface area contributed by atoms with Crippen LogP contribution in [0.4, 0.5) is 0 Å². The molecule has 86 valence electrons. The van der Waals surface area contributed by atoms with E-state index in [0.29, 0.717) is 5.56 Å². The van der Waals surface area contributed by atoms with E-state index in [9.17, 15) is 9.90 Å². The van der Waals surface area contributed by atoms with Crippen LogP contribution in [0.2, 0.25) is 0 Å². The number of aliphatic hydroxyl groups excluding tert-OH is 1. The normalized spacial score (nSPS) is 12.1. The zero-order valence-corrected chi connectivity index (χ0v) is 9.41. The molecule has 2 rings (SSSR count). The van der Waals surface area contributed by atoms with Crippen LogP contribution in [0.15, 0.2) is 60.7 Å². The predicted molar refractivity (Wildman–Crippen MR) is 67.0 cm³/mol. The second-order valence-electron chi connectivity index (χ2n) is 3.88. The number of hydrogen-bond donors (Lipinski definition) is 1. The third-order valence-corrected chi connectivity index (χ3v) is 2.76. The molecule has 0 amide bonds. The molecule has 0 spiro atoms. The fourth-order valence-corrected chi connectivity index (χ4v) is 1.83. The van der Waals surface area contributed by atoms with Crippen molar-refractivity contribution in [2.45, 2.75) is 5.92 Å². The Morgan fingerprint density at radius 2 is 1.47 bits per heavy atom. The molecule has 2 nitrogen and oxygen atoms in total. The van der Waals surface area contributed by atoms with Crippen LogP contribution in [-0.4, -0.2) is 17.5 Å². The average Bonchev–Trinajstić information content (AvgIpc) is 2.42. The Hall–Kier alpha value is -1.93. The van der Waals surface area contributed by atoms with Crippen LogP contribution in [0.5, 0.6) is 0 Å². The van der Waals surface area contributed by atoms with Crippen molar-refractivity contribution in [3.05, 3.63) is 71.8 Å². The van der Waals surface area contributed by atoms with E-state index in [1.807, 2.05) is 48.5 Å². The minimum absolute atomic E-state index is 0.0423. The Balaban J connectivity index is 2.29. The second kappa shape index (κ2) is 5.41. The molecule has 0 radical (unpaired) electrons. The molecule has 0 bridgehead atoms. The number of carbonyl (C=O) groups excluding carboxylic acids is 1. The summed E-state index contributed by atoms with van der Waals surface area (Å²) < 4.78 is 0. The summed E-state index contributed by atoms with van der Waals surface area (Å²) >= 11 is 0. The molecule has 1 unspecified atom stereocenters.